The highest BCUT2D eigenvalue weighted by Crippen LogP contribution is 2.21. The molecule has 0 spiro atoms. The lowest BCUT2D eigenvalue weighted by Gasteiger charge is -2.07. The molecular formula is C13H12ClN7O. The van der Waals surface area contributed by atoms with E-state index in [-0.39, 0.29) is 17.3 Å². The van der Waals surface area contributed by atoms with Gasteiger partial charge in [0.05, 0.1) is 10.6 Å². The number of benzene rings is 1. The van der Waals surface area contributed by atoms with Crippen molar-refractivity contribution in [2.75, 3.05) is 11.9 Å². The van der Waals surface area contributed by atoms with Gasteiger partial charge in [0, 0.05) is 18.4 Å². The summed E-state index contributed by atoms with van der Waals surface area (Å²) >= 11 is 6.01. The van der Waals surface area contributed by atoms with Crippen LogP contribution >= 0.6 is 11.6 Å². The summed E-state index contributed by atoms with van der Waals surface area (Å²) in [7, 11) is 0. The average molecular weight is 318 g/mol. The Morgan fingerprint density at radius 1 is 1.55 bits per heavy atom. The summed E-state index contributed by atoms with van der Waals surface area (Å²) < 4.78 is 0. The SMILES string of the molecule is CCNC(=O)c1cc(NC=C(C#N)c2nn[nH]n2)ccc1Cl. The number of H-pyrrole nitrogens is 1. The molecule has 2 aromatic rings. The van der Waals surface area contributed by atoms with E-state index >= 15 is 0 Å². The van der Waals surface area contributed by atoms with Gasteiger partial charge in [0.2, 0.25) is 5.82 Å². The van der Waals surface area contributed by atoms with Crippen LogP contribution in [0.15, 0.2) is 24.4 Å². The molecule has 0 aliphatic carbocycles. The minimum absolute atomic E-state index is 0.174. The molecule has 22 heavy (non-hydrogen) atoms. The maximum absolute atomic E-state index is 11.9. The van der Waals surface area contributed by atoms with E-state index in [1.54, 1.807) is 18.2 Å². The molecule has 0 aliphatic rings. The van der Waals surface area contributed by atoms with E-state index in [1.165, 1.54) is 6.20 Å². The molecule has 0 saturated heterocycles. The fourth-order valence-electron chi connectivity index (χ4n) is 1.62. The van der Waals surface area contributed by atoms with Crippen molar-refractivity contribution in [1.82, 2.24) is 25.9 Å². The topological polar surface area (TPSA) is 119 Å². The summed E-state index contributed by atoms with van der Waals surface area (Å²) in [5.41, 5.74) is 1.14. The Morgan fingerprint density at radius 3 is 3.00 bits per heavy atom. The molecule has 1 heterocycles. The van der Waals surface area contributed by atoms with Crippen LogP contribution in [0.1, 0.15) is 23.1 Å². The van der Waals surface area contributed by atoms with E-state index in [2.05, 4.69) is 31.3 Å². The molecule has 112 valence electrons. The van der Waals surface area contributed by atoms with Crippen LogP contribution in [0.2, 0.25) is 5.02 Å². The highest BCUT2D eigenvalue weighted by molar-refractivity contribution is 6.34. The molecule has 0 atom stereocenters. The Balaban J connectivity index is 2.22. The Bertz CT molecular complexity index is 733. The summed E-state index contributed by atoms with van der Waals surface area (Å²) in [5.74, 6) is -0.0910. The van der Waals surface area contributed by atoms with Crippen molar-refractivity contribution in [3.05, 3.63) is 40.8 Å². The monoisotopic (exact) mass is 317 g/mol. The molecule has 2 rings (SSSR count). The number of tetrazole rings is 1. The number of hydrogen-bond donors (Lipinski definition) is 3. The van der Waals surface area contributed by atoms with Crippen molar-refractivity contribution in [2.45, 2.75) is 6.92 Å². The zero-order valence-corrected chi connectivity index (χ0v) is 12.3. The van der Waals surface area contributed by atoms with E-state index in [0.29, 0.717) is 22.8 Å². The number of amides is 1. The second-order valence-electron chi connectivity index (χ2n) is 4.10. The summed E-state index contributed by atoms with van der Waals surface area (Å²) in [6.07, 6.45) is 1.43. The van der Waals surface area contributed by atoms with Crippen molar-refractivity contribution in [3.8, 4) is 6.07 Å². The first-order valence-electron chi connectivity index (χ1n) is 6.34. The van der Waals surface area contributed by atoms with Gasteiger partial charge in [0.15, 0.2) is 0 Å². The van der Waals surface area contributed by atoms with Crippen LogP contribution in [-0.2, 0) is 0 Å². The fraction of sp³-hybridized carbons (Fsp3) is 0.154. The Morgan fingerprint density at radius 2 is 2.36 bits per heavy atom. The van der Waals surface area contributed by atoms with E-state index in [1.807, 2.05) is 13.0 Å². The number of nitriles is 1. The predicted molar refractivity (Wildman–Crippen MR) is 80.8 cm³/mol. The van der Waals surface area contributed by atoms with Gasteiger partial charge in [-0.25, -0.2) is 0 Å². The molecule has 9 heteroatoms. The van der Waals surface area contributed by atoms with Gasteiger partial charge in [-0.05, 0) is 30.3 Å². The molecule has 0 bridgehead atoms. The number of carbonyl (C=O) groups is 1. The molecule has 1 aromatic carbocycles. The van der Waals surface area contributed by atoms with Crippen LogP contribution < -0.4 is 10.6 Å². The van der Waals surface area contributed by atoms with E-state index < -0.39 is 0 Å². The minimum Gasteiger partial charge on any atom is -0.360 e. The van der Waals surface area contributed by atoms with Gasteiger partial charge < -0.3 is 10.6 Å². The molecule has 0 aliphatic heterocycles. The minimum atomic E-state index is -0.265. The number of anilines is 1. The van der Waals surface area contributed by atoms with Gasteiger partial charge >= 0.3 is 0 Å². The van der Waals surface area contributed by atoms with Crippen molar-refractivity contribution in [2.24, 2.45) is 0 Å². The molecule has 0 saturated carbocycles. The van der Waals surface area contributed by atoms with Crippen molar-refractivity contribution >= 4 is 28.8 Å². The van der Waals surface area contributed by atoms with Crippen LogP contribution in [0, 0.1) is 11.3 Å². The summed E-state index contributed by atoms with van der Waals surface area (Å²) in [6, 6.07) is 6.83. The first kappa shape index (κ1) is 15.5. The molecule has 3 N–H and O–H groups in total. The number of aromatic nitrogens is 4. The lowest BCUT2D eigenvalue weighted by atomic mass is 10.2. The van der Waals surface area contributed by atoms with Gasteiger partial charge in [-0.1, -0.05) is 11.6 Å². The number of aromatic amines is 1. The van der Waals surface area contributed by atoms with E-state index in [4.69, 9.17) is 16.9 Å². The number of carbonyl (C=O) groups excluding carboxylic acids is 1. The molecular weight excluding hydrogens is 306 g/mol. The molecule has 8 nitrogen and oxygen atoms in total. The zero-order valence-electron chi connectivity index (χ0n) is 11.6. The van der Waals surface area contributed by atoms with Crippen molar-refractivity contribution < 1.29 is 4.79 Å². The fourth-order valence-corrected chi connectivity index (χ4v) is 1.83. The first-order chi connectivity index (χ1) is 10.7. The van der Waals surface area contributed by atoms with Gasteiger partial charge in [0.25, 0.3) is 5.91 Å². The number of halogens is 1. The van der Waals surface area contributed by atoms with Crippen LogP contribution in [0.3, 0.4) is 0 Å². The summed E-state index contributed by atoms with van der Waals surface area (Å²) in [4.78, 5) is 11.9. The van der Waals surface area contributed by atoms with Crippen molar-refractivity contribution in [1.29, 1.82) is 5.26 Å². The Labute approximate surface area is 131 Å². The highest BCUT2D eigenvalue weighted by atomic mass is 35.5. The average Bonchev–Trinajstić information content (AvgIpc) is 3.04. The number of nitrogens with one attached hydrogen (secondary N) is 3. The predicted octanol–water partition coefficient (Wildman–Crippen LogP) is 1.58. The number of rotatable bonds is 5. The summed E-state index contributed by atoms with van der Waals surface area (Å²) in [6.45, 7) is 2.32. The van der Waals surface area contributed by atoms with Gasteiger partial charge in [-0.3, -0.25) is 4.79 Å². The third-order valence-electron chi connectivity index (χ3n) is 2.64. The molecule has 0 unspecified atom stereocenters. The van der Waals surface area contributed by atoms with Crippen molar-refractivity contribution in [3.63, 3.8) is 0 Å². The Kier molecular flexibility index (Phi) is 5.06. The normalized spacial score (nSPS) is 10.9. The number of nitrogens with zero attached hydrogens (tertiary/aromatic N) is 4. The quantitative estimate of drug-likeness (QED) is 0.720. The van der Waals surface area contributed by atoms with Crippen LogP contribution in [0.25, 0.3) is 5.57 Å². The first-order valence-corrected chi connectivity index (χ1v) is 6.72. The lowest BCUT2D eigenvalue weighted by molar-refractivity contribution is 0.0956. The molecule has 1 amide bonds. The number of allylic oxidation sites excluding steroid dienone is 1. The standard InChI is InChI=1S/C13H12ClN7O/c1-2-16-13(22)10-5-9(3-4-11(10)14)17-7-8(6-15)12-18-20-21-19-12/h3-5,7,17H,2H2,1H3,(H,16,22)(H,18,19,20,21). The highest BCUT2D eigenvalue weighted by Gasteiger charge is 2.10. The molecule has 1 aromatic heterocycles. The third-order valence-corrected chi connectivity index (χ3v) is 2.97. The largest absolute Gasteiger partial charge is 0.360 e. The van der Waals surface area contributed by atoms with Gasteiger partial charge in [-0.15, -0.1) is 10.2 Å². The molecule has 0 fully saturated rings. The van der Waals surface area contributed by atoms with E-state index in [0.717, 1.165) is 0 Å². The maximum Gasteiger partial charge on any atom is 0.252 e. The second kappa shape index (κ2) is 7.19. The van der Waals surface area contributed by atoms with Gasteiger partial charge in [0.1, 0.15) is 11.6 Å². The smallest absolute Gasteiger partial charge is 0.252 e. The van der Waals surface area contributed by atoms with E-state index in [9.17, 15) is 4.79 Å². The zero-order chi connectivity index (χ0) is 15.9. The lowest BCUT2D eigenvalue weighted by Crippen LogP contribution is -2.23. The maximum atomic E-state index is 11.9. The number of hydrogen-bond acceptors (Lipinski definition) is 6. The van der Waals surface area contributed by atoms with Crippen LogP contribution in [0.5, 0.6) is 0 Å². The third kappa shape index (κ3) is 3.59. The van der Waals surface area contributed by atoms with Gasteiger partial charge in [-0.2, -0.15) is 10.5 Å². The Hall–Kier alpha value is -2.92. The second-order valence-corrected chi connectivity index (χ2v) is 4.51. The van der Waals surface area contributed by atoms with Crippen LogP contribution in [0.4, 0.5) is 5.69 Å². The molecule has 0 radical (unpaired) electrons. The van der Waals surface area contributed by atoms with Crippen LogP contribution in [-0.4, -0.2) is 33.1 Å². The summed E-state index contributed by atoms with van der Waals surface area (Å²) in [5, 5.41) is 28.1.